The Balaban J connectivity index is 3.07. The number of nitrogens with two attached hydrogens (primary N) is 1. The summed E-state index contributed by atoms with van der Waals surface area (Å²) < 4.78 is 64.4. The first-order valence-corrected chi connectivity index (χ1v) is 8.66. The number of hydrogen-bond donors (Lipinski definition) is 2. The molecule has 6 nitrogen and oxygen atoms in total. The Labute approximate surface area is 159 Å². The van der Waals surface area contributed by atoms with E-state index in [4.69, 9.17) is 5.73 Å². The molecule has 160 valence electrons. The van der Waals surface area contributed by atoms with E-state index in [2.05, 4.69) is 0 Å². The molecule has 2 amide bonds. The van der Waals surface area contributed by atoms with E-state index in [1.54, 1.807) is 13.8 Å². The molecule has 1 aliphatic rings. The van der Waals surface area contributed by atoms with Crippen LogP contribution in [-0.2, 0) is 14.4 Å². The number of amides is 2. The third-order valence-electron chi connectivity index (χ3n) is 4.46. The fourth-order valence-electron chi connectivity index (χ4n) is 2.68. The maximum atomic E-state index is 13.4. The van der Waals surface area contributed by atoms with Crippen LogP contribution in [0, 0.1) is 5.92 Å². The summed E-state index contributed by atoms with van der Waals surface area (Å²) in [6.07, 6.45) is -5.51. The van der Waals surface area contributed by atoms with E-state index in [1.165, 1.54) is 0 Å². The molecule has 0 aromatic carbocycles. The Hall–Kier alpha value is -2.04. The van der Waals surface area contributed by atoms with Gasteiger partial charge in [0.05, 0.1) is 11.7 Å². The molecule has 11 heteroatoms. The van der Waals surface area contributed by atoms with Crippen molar-refractivity contribution in [2.75, 3.05) is 6.54 Å². The number of nitrogens with one attached hydrogen (secondary N) is 1. The van der Waals surface area contributed by atoms with E-state index in [0.29, 0.717) is 6.42 Å². The molecule has 0 spiro atoms. The van der Waals surface area contributed by atoms with E-state index < -0.39 is 47.5 Å². The molecule has 3 N–H and O–H groups in total. The predicted molar refractivity (Wildman–Crippen MR) is 90.1 cm³/mol. The molecule has 1 fully saturated rings. The van der Waals surface area contributed by atoms with Gasteiger partial charge in [-0.1, -0.05) is 13.8 Å². The minimum atomic E-state index is -6.10. The lowest BCUT2D eigenvalue weighted by atomic mass is 10.0. The highest BCUT2D eigenvalue weighted by Crippen LogP contribution is 2.38. The topological polar surface area (TPSA) is 92.5 Å². The first-order chi connectivity index (χ1) is 12.6. The van der Waals surface area contributed by atoms with Gasteiger partial charge < -0.3 is 16.0 Å². The molecule has 0 aliphatic carbocycles. The zero-order chi connectivity index (χ0) is 22.0. The van der Waals surface area contributed by atoms with Gasteiger partial charge in [0.25, 0.3) is 5.78 Å². The third kappa shape index (κ3) is 4.86. The molecule has 0 radical (unpaired) electrons. The Morgan fingerprint density at radius 2 is 1.64 bits per heavy atom. The fourth-order valence-corrected chi connectivity index (χ4v) is 2.68. The Morgan fingerprint density at radius 1 is 1.11 bits per heavy atom. The molecule has 28 heavy (non-hydrogen) atoms. The molecule has 0 bridgehead atoms. The summed E-state index contributed by atoms with van der Waals surface area (Å²) in [7, 11) is 0. The number of carbonyl (C=O) groups is 3. The number of alkyl halides is 5. The van der Waals surface area contributed by atoms with Crippen LogP contribution in [0.15, 0.2) is 11.3 Å². The summed E-state index contributed by atoms with van der Waals surface area (Å²) in [6, 6.07) is -2.01. The maximum absolute atomic E-state index is 13.4. The summed E-state index contributed by atoms with van der Waals surface area (Å²) >= 11 is 0. The van der Waals surface area contributed by atoms with Crippen molar-refractivity contribution in [3.8, 4) is 0 Å². The molecule has 1 rings (SSSR count). The maximum Gasteiger partial charge on any atom is 0.461 e. The fraction of sp³-hybridized carbons (Fsp3) is 0.706. The summed E-state index contributed by atoms with van der Waals surface area (Å²) in [6.45, 7) is 5.83. The van der Waals surface area contributed by atoms with Crippen LogP contribution in [-0.4, -0.2) is 53.2 Å². The molecule has 0 unspecified atom stereocenters. The standard InChI is InChI=1S/C17H24F5N3O3/c1-8(2)11(23)15(28)25-7-5-6-10(25)14(27)24-12(9(3)4)13(26)16(18,19)17(20,21)22/h8,10-11H,5-7,23H2,1-4H3,(H,24,27)/t10-,11-/m0/s1. The highest BCUT2D eigenvalue weighted by Gasteiger charge is 2.64. The van der Waals surface area contributed by atoms with E-state index in [-0.39, 0.29) is 24.5 Å². The average molecular weight is 413 g/mol. The van der Waals surface area contributed by atoms with E-state index in [9.17, 15) is 36.3 Å². The van der Waals surface area contributed by atoms with Gasteiger partial charge in [-0.3, -0.25) is 14.4 Å². The van der Waals surface area contributed by atoms with Gasteiger partial charge in [0, 0.05) is 6.54 Å². The summed E-state index contributed by atoms with van der Waals surface area (Å²) in [5, 5.41) is 1.87. The van der Waals surface area contributed by atoms with Crippen LogP contribution in [0.4, 0.5) is 22.0 Å². The molecule has 1 saturated heterocycles. The first kappa shape index (κ1) is 24.0. The number of Topliss-reactive ketones (excluding diaryl/α,β-unsaturated/α-hetero) is 1. The van der Waals surface area contributed by atoms with Crippen LogP contribution in [0.5, 0.6) is 0 Å². The number of halogens is 5. The predicted octanol–water partition coefficient (Wildman–Crippen LogP) is 2.14. The first-order valence-electron chi connectivity index (χ1n) is 8.66. The summed E-state index contributed by atoms with van der Waals surface area (Å²) in [5.41, 5.74) is 4.43. The number of allylic oxidation sites excluding steroid dienone is 2. The van der Waals surface area contributed by atoms with Crippen molar-refractivity contribution in [3.05, 3.63) is 11.3 Å². The second-order valence-corrected chi connectivity index (χ2v) is 7.22. The van der Waals surface area contributed by atoms with Gasteiger partial charge in [0.2, 0.25) is 11.8 Å². The van der Waals surface area contributed by atoms with Crippen molar-refractivity contribution in [2.24, 2.45) is 11.7 Å². The molecule has 0 aromatic heterocycles. The molecular formula is C17H24F5N3O3. The van der Waals surface area contributed by atoms with Gasteiger partial charge >= 0.3 is 12.1 Å². The number of rotatable bonds is 6. The van der Waals surface area contributed by atoms with Crippen LogP contribution in [0.3, 0.4) is 0 Å². The van der Waals surface area contributed by atoms with Crippen LogP contribution in [0.25, 0.3) is 0 Å². The lowest BCUT2D eigenvalue weighted by Gasteiger charge is -2.28. The quantitative estimate of drug-likeness (QED) is 0.516. The molecular weight excluding hydrogens is 389 g/mol. The molecule has 0 saturated carbocycles. The molecule has 1 heterocycles. The van der Waals surface area contributed by atoms with Gasteiger partial charge in [0.15, 0.2) is 0 Å². The minimum Gasteiger partial charge on any atom is -0.329 e. The average Bonchev–Trinajstić information content (AvgIpc) is 3.05. The van der Waals surface area contributed by atoms with Crippen molar-refractivity contribution in [1.82, 2.24) is 10.2 Å². The number of nitrogens with zero attached hydrogens (tertiary/aromatic N) is 1. The van der Waals surface area contributed by atoms with Gasteiger partial charge in [-0.15, -0.1) is 0 Å². The lowest BCUT2D eigenvalue weighted by Crippen LogP contribution is -2.54. The van der Waals surface area contributed by atoms with Crippen LogP contribution in [0.1, 0.15) is 40.5 Å². The second-order valence-electron chi connectivity index (χ2n) is 7.22. The largest absolute Gasteiger partial charge is 0.461 e. The highest BCUT2D eigenvalue weighted by atomic mass is 19.4. The molecule has 2 atom stereocenters. The Bertz CT molecular complexity index is 669. The van der Waals surface area contributed by atoms with E-state index in [0.717, 1.165) is 18.7 Å². The number of hydrogen-bond acceptors (Lipinski definition) is 4. The number of carbonyl (C=O) groups excluding carboxylic acids is 3. The lowest BCUT2D eigenvalue weighted by molar-refractivity contribution is -0.267. The van der Waals surface area contributed by atoms with Crippen LogP contribution >= 0.6 is 0 Å². The second kappa shape index (κ2) is 8.54. The van der Waals surface area contributed by atoms with Gasteiger partial charge in [0.1, 0.15) is 6.04 Å². The molecule has 1 aliphatic heterocycles. The SMILES string of the molecule is CC(C)=C(NC(=O)[C@@H]1CCCN1C(=O)[C@@H](N)C(C)C)C(=O)C(F)(F)C(F)(F)F. The van der Waals surface area contributed by atoms with Gasteiger partial charge in [-0.05, 0) is 38.2 Å². The number of likely N-dealkylation sites (tertiary alicyclic amines) is 1. The van der Waals surface area contributed by atoms with Crippen molar-refractivity contribution in [2.45, 2.75) is 64.7 Å². The van der Waals surface area contributed by atoms with Crippen molar-refractivity contribution >= 4 is 17.6 Å². The smallest absolute Gasteiger partial charge is 0.329 e. The van der Waals surface area contributed by atoms with Crippen LogP contribution < -0.4 is 11.1 Å². The zero-order valence-electron chi connectivity index (χ0n) is 16.0. The van der Waals surface area contributed by atoms with Gasteiger partial charge in [-0.2, -0.15) is 22.0 Å². The Kier molecular flexibility index (Phi) is 7.32. The van der Waals surface area contributed by atoms with E-state index in [1.807, 2.05) is 5.32 Å². The van der Waals surface area contributed by atoms with Crippen molar-refractivity contribution in [1.29, 1.82) is 0 Å². The summed E-state index contributed by atoms with van der Waals surface area (Å²) in [5.74, 6) is -9.97. The van der Waals surface area contributed by atoms with E-state index >= 15 is 0 Å². The third-order valence-corrected chi connectivity index (χ3v) is 4.46. The minimum absolute atomic E-state index is 0.169. The monoisotopic (exact) mass is 413 g/mol. The van der Waals surface area contributed by atoms with Crippen molar-refractivity contribution in [3.63, 3.8) is 0 Å². The van der Waals surface area contributed by atoms with Crippen molar-refractivity contribution < 1.29 is 36.3 Å². The normalized spacial score (nSPS) is 18.8. The summed E-state index contributed by atoms with van der Waals surface area (Å²) in [4.78, 5) is 37.8. The van der Waals surface area contributed by atoms with Gasteiger partial charge in [-0.25, -0.2) is 0 Å². The Morgan fingerprint density at radius 3 is 2.07 bits per heavy atom. The molecule has 0 aromatic rings. The zero-order valence-corrected chi connectivity index (χ0v) is 16.0. The highest BCUT2D eigenvalue weighted by molar-refractivity contribution is 6.05. The number of ketones is 1. The van der Waals surface area contributed by atoms with Crippen LogP contribution in [0.2, 0.25) is 0 Å².